The monoisotopic (exact) mass is 325 g/mol. The fraction of sp³-hybridized carbons (Fsp3) is 0.565. The molecule has 0 aliphatic heterocycles. The summed E-state index contributed by atoms with van der Waals surface area (Å²) in [7, 11) is 2.10. The molecule has 1 N–H and O–H groups in total. The normalized spacial score (nSPS) is 25.7. The van der Waals surface area contributed by atoms with Gasteiger partial charge in [0.2, 0.25) is 0 Å². The van der Waals surface area contributed by atoms with Crippen molar-refractivity contribution in [3.05, 3.63) is 53.1 Å². The van der Waals surface area contributed by atoms with Gasteiger partial charge in [-0.1, -0.05) is 78.0 Å². The minimum Gasteiger partial charge on any atom is -0.310 e. The highest BCUT2D eigenvalue weighted by molar-refractivity contribution is 5.75. The molecule has 1 aromatic rings. The summed E-state index contributed by atoms with van der Waals surface area (Å²) in [6.07, 6.45) is 6.95. The zero-order chi connectivity index (χ0) is 18.2. The number of benzene rings is 1. The number of hydrogen-bond acceptors (Lipinski definition) is 1. The zero-order valence-electron chi connectivity index (χ0n) is 16.9. The zero-order valence-corrected chi connectivity index (χ0v) is 16.9. The largest absolute Gasteiger partial charge is 0.310 e. The third-order valence-corrected chi connectivity index (χ3v) is 5.95. The average molecular weight is 326 g/mol. The Kier molecular flexibility index (Phi) is 5.16. The van der Waals surface area contributed by atoms with E-state index in [-0.39, 0.29) is 16.4 Å². The van der Waals surface area contributed by atoms with Crippen LogP contribution in [0.2, 0.25) is 0 Å². The Bertz CT molecular complexity index is 632. The van der Waals surface area contributed by atoms with Gasteiger partial charge in [-0.05, 0) is 54.5 Å². The van der Waals surface area contributed by atoms with Crippen molar-refractivity contribution >= 4 is 5.57 Å². The van der Waals surface area contributed by atoms with Crippen molar-refractivity contribution in [1.82, 2.24) is 5.32 Å². The van der Waals surface area contributed by atoms with E-state index in [4.69, 9.17) is 0 Å². The van der Waals surface area contributed by atoms with Crippen LogP contribution in [0, 0.1) is 5.41 Å². The Balaban J connectivity index is 2.50. The van der Waals surface area contributed by atoms with Crippen molar-refractivity contribution in [2.24, 2.45) is 5.41 Å². The quantitative estimate of drug-likeness (QED) is 0.661. The predicted molar refractivity (Wildman–Crippen MR) is 107 cm³/mol. The van der Waals surface area contributed by atoms with E-state index in [1.807, 2.05) is 0 Å². The summed E-state index contributed by atoms with van der Waals surface area (Å²) in [5.41, 5.74) is 6.04. The van der Waals surface area contributed by atoms with E-state index in [2.05, 4.69) is 97.2 Å². The lowest BCUT2D eigenvalue weighted by Crippen LogP contribution is -2.50. The van der Waals surface area contributed by atoms with Gasteiger partial charge in [0.25, 0.3) is 0 Å². The first-order chi connectivity index (χ1) is 11.1. The van der Waals surface area contributed by atoms with E-state index in [1.165, 1.54) is 22.3 Å². The highest BCUT2D eigenvalue weighted by Gasteiger charge is 2.43. The van der Waals surface area contributed by atoms with E-state index in [0.29, 0.717) is 0 Å². The molecule has 1 atom stereocenters. The molecule has 1 unspecified atom stereocenters. The van der Waals surface area contributed by atoms with Crippen LogP contribution in [0.5, 0.6) is 0 Å². The van der Waals surface area contributed by atoms with Crippen molar-refractivity contribution in [3.63, 3.8) is 0 Å². The molecule has 132 valence electrons. The second-order valence-corrected chi connectivity index (χ2v) is 8.66. The van der Waals surface area contributed by atoms with Crippen LogP contribution in [0.15, 0.2) is 42.0 Å². The van der Waals surface area contributed by atoms with Gasteiger partial charge < -0.3 is 5.32 Å². The standard InChI is InChI=1S/C23H35N/c1-9-20-22(6,7)19(15-16-23(20,10-2)24-8)17-11-13-18(14-12-17)21(3,4)5/h9,11-15,24H,10,16H2,1-8H3/b20-9-. The SMILES string of the molecule is C/C=C1\C(CC)(NC)CC=C(c2ccc(C(C)(C)C)cc2)C1(C)C. The van der Waals surface area contributed by atoms with E-state index in [0.717, 1.165) is 12.8 Å². The molecule has 0 aromatic heterocycles. The van der Waals surface area contributed by atoms with Gasteiger partial charge in [-0.3, -0.25) is 0 Å². The van der Waals surface area contributed by atoms with Gasteiger partial charge in [-0.2, -0.15) is 0 Å². The summed E-state index contributed by atoms with van der Waals surface area (Å²) in [5.74, 6) is 0. The molecular weight excluding hydrogens is 290 g/mol. The number of rotatable bonds is 3. The van der Waals surface area contributed by atoms with Gasteiger partial charge in [0.05, 0.1) is 0 Å². The summed E-state index contributed by atoms with van der Waals surface area (Å²) in [6, 6.07) is 9.20. The molecule has 0 fully saturated rings. The van der Waals surface area contributed by atoms with Crippen LogP contribution < -0.4 is 5.32 Å². The van der Waals surface area contributed by atoms with Gasteiger partial charge in [0, 0.05) is 11.0 Å². The Morgan fingerprint density at radius 3 is 2.12 bits per heavy atom. The number of allylic oxidation sites excluding steroid dienone is 2. The van der Waals surface area contributed by atoms with Crippen LogP contribution in [0.3, 0.4) is 0 Å². The first kappa shape index (κ1) is 19.0. The van der Waals surface area contributed by atoms with E-state index >= 15 is 0 Å². The molecule has 0 saturated heterocycles. The summed E-state index contributed by atoms with van der Waals surface area (Å²) in [6.45, 7) is 16.0. The second-order valence-electron chi connectivity index (χ2n) is 8.66. The van der Waals surface area contributed by atoms with Gasteiger partial charge in [0.1, 0.15) is 0 Å². The molecule has 1 nitrogen and oxygen atoms in total. The Morgan fingerprint density at radius 1 is 1.12 bits per heavy atom. The molecule has 0 amide bonds. The van der Waals surface area contributed by atoms with Crippen LogP contribution in [-0.2, 0) is 5.41 Å². The minimum atomic E-state index is 0.0370. The number of nitrogens with one attached hydrogen (secondary N) is 1. The smallest absolute Gasteiger partial charge is 0.0432 e. The number of hydrogen-bond donors (Lipinski definition) is 1. The van der Waals surface area contributed by atoms with Gasteiger partial charge >= 0.3 is 0 Å². The van der Waals surface area contributed by atoms with Gasteiger partial charge in [-0.25, -0.2) is 0 Å². The Morgan fingerprint density at radius 2 is 1.71 bits per heavy atom. The Labute approximate surface area is 149 Å². The van der Waals surface area contributed by atoms with Crippen LogP contribution in [0.25, 0.3) is 5.57 Å². The molecule has 0 spiro atoms. The van der Waals surface area contributed by atoms with Crippen LogP contribution >= 0.6 is 0 Å². The van der Waals surface area contributed by atoms with Crippen LogP contribution in [-0.4, -0.2) is 12.6 Å². The third kappa shape index (κ3) is 3.11. The van der Waals surface area contributed by atoms with Crippen LogP contribution in [0.1, 0.15) is 72.4 Å². The summed E-state index contributed by atoms with van der Waals surface area (Å²) < 4.78 is 0. The maximum Gasteiger partial charge on any atom is 0.0432 e. The Hall–Kier alpha value is -1.34. The molecule has 0 bridgehead atoms. The van der Waals surface area contributed by atoms with E-state index in [9.17, 15) is 0 Å². The van der Waals surface area contributed by atoms with Crippen molar-refractivity contribution in [2.45, 2.75) is 72.3 Å². The summed E-state index contributed by atoms with van der Waals surface area (Å²) >= 11 is 0. The lowest BCUT2D eigenvalue weighted by molar-refractivity contribution is 0.331. The highest BCUT2D eigenvalue weighted by atomic mass is 14.9. The summed E-state index contributed by atoms with van der Waals surface area (Å²) in [5, 5.41) is 3.61. The van der Waals surface area contributed by atoms with E-state index in [1.54, 1.807) is 0 Å². The maximum absolute atomic E-state index is 3.61. The van der Waals surface area contributed by atoms with Crippen molar-refractivity contribution < 1.29 is 0 Å². The molecule has 0 radical (unpaired) electrons. The van der Waals surface area contributed by atoms with Gasteiger partial charge in [0.15, 0.2) is 0 Å². The number of likely N-dealkylation sites (N-methyl/N-ethyl adjacent to an activating group) is 1. The molecule has 24 heavy (non-hydrogen) atoms. The first-order valence-corrected chi connectivity index (χ1v) is 9.30. The van der Waals surface area contributed by atoms with E-state index < -0.39 is 0 Å². The fourth-order valence-corrected chi connectivity index (χ4v) is 4.40. The second kappa shape index (κ2) is 6.52. The molecular formula is C23H35N. The van der Waals surface area contributed by atoms with Crippen molar-refractivity contribution in [3.8, 4) is 0 Å². The predicted octanol–water partition coefficient (Wildman–Crippen LogP) is 6.11. The first-order valence-electron chi connectivity index (χ1n) is 9.30. The van der Waals surface area contributed by atoms with Crippen LogP contribution in [0.4, 0.5) is 0 Å². The molecule has 0 heterocycles. The minimum absolute atomic E-state index is 0.0370. The molecule has 1 aromatic carbocycles. The lowest BCUT2D eigenvalue weighted by Gasteiger charge is -2.48. The molecule has 1 heteroatoms. The van der Waals surface area contributed by atoms with Crippen molar-refractivity contribution in [1.29, 1.82) is 0 Å². The summed E-state index contributed by atoms with van der Waals surface area (Å²) in [4.78, 5) is 0. The topological polar surface area (TPSA) is 12.0 Å². The molecule has 2 rings (SSSR count). The molecule has 0 saturated carbocycles. The molecule has 1 aliphatic rings. The lowest BCUT2D eigenvalue weighted by atomic mass is 9.61. The maximum atomic E-state index is 3.61. The van der Waals surface area contributed by atoms with Gasteiger partial charge in [-0.15, -0.1) is 0 Å². The molecule has 1 aliphatic carbocycles. The third-order valence-electron chi connectivity index (χ3n) is 5.95. The highest BCUT2D eigenvalue weighted by Crippen LogP contribution is 2.51. The van der Waals surface area contributed by atoms with Crippen molar-refractivity contribution in [2.75, 3.05) is 7.05 Å². The average Bonchev–Trinajstić information content (AvgIpc) is 2.53. The fourth-order valence-electron chi connectivity index (χ4n) is 4.40.